The number of esters is 4. The van der Waals surface area contributed by atoms with Crippen molar-refractivity contribution in [2.75, 3.05) is 39.6 Å². The Kier molecular flexibility index (Phi) is 59.2. The molecule has 5 atom stereocenters. The van der Waals surface area contributed by atoms with E-state index >= 15 is 0 Å². The van der Waals surface area contributed by atoms with E-state index < -0.39 is 97.5 Å². The van der Waals surface area contributed by atoms with Gasteiger partial charge >= 0.3 is 39.5 Å². The summed E-state index contributed by atoms with van der Waals surface area (Å²) in [4.78, 5) is 72.2. The second-order valence-corrected chi connectivity index (χ2v) is 27.6. The van der Waals surface area contributed by atoms with Gasteiger partial charge in [0.25, 0.3) is 0 Å². The lowest BCUT2D eigenvalue weighted by molar-refractivity contribution is -0.161. The molecule has 0 saturated carbocycles. The van der Waals surface area contributed by atoms with E-state index in [-0.39, 0.29) is 25.7 Å². The van der Waals surface area contributed by atoms with E-state index in [2.05, 4.69) is 34.6 Å². The van der Waals surface area contributed by atoms with Crippen molar-refractivity contribution in [3.05, 3.63) is 0 Å². The third-order valence-corrected chi connectivity index (χ3v) is 17.4. The molecule has 0 amide bonds. The summed E-state index contributed by atoms with van der Waals surface area (Å²) in [5.41, 5.74) is 0. The average Bonchev–Trinajstić information content (AvgIpc) is 3.56. The van der Waals surface area contributed by atoms with Crippen LogP contribution < -0.4 is 0 Å². The zero-order valence-corrected chi connectivity index (χ0v) is 57.2. The number of ether oxygens (including phenoxy) is 4. The summed E-state index contributed by atoms with van der Waals surface area (Å²) in [5.74, 6) is -1.39. The van der Waals surface area contributed by atoms with Gasteiger partial charge in [-0.2, -0.15) is 0 Å². The molecule has 0 aliphatic carbocycles. The lowest BCUT2D eigenvalue weighted by atomic mass is 10.0. The van der Waals surface area contributed by atoms with E-state index in [0.717, 1.165) is 109 Å². The minimum absolute atomic E-state index is 0.105. The Morgan fingerprint density at radius 1 is 0.314 bits per heavy atom. The molecule has 17 nitrogen and oxygen atoms in total. The molecule has 0 rings (SSSR count). The molecule has 0 aromatic carbocycles. The first-order chi connectivity index (χ1) is 41.5. The average molecular weight is 1270 g/mol. The molecular formula is C67H130O17P2. The van der Waals surface area contributed by atoms with Crippen LogP contribution in [0.5, 0.6) is 0 Å². The molecule has 0 saturated heterocycles. The van der Waals surface area contributed by atoms with Gasteiger partial charge in [0.1, 0.15) is 19.3 Å². The standard InChI is InChI=1S/C67H130O17P2/c1-6-9-12-15-18-20-21-22-23-24-25-26-27-28-32-38-43-48-53-67(72)84-63(57-78-65(70)51-46-41-36-33-29-31-35-39-44-49-60(4)5)59-82-86(75,76)80-55-61(68)54-79-85(73,74)81-58-62(56-77-64(69)50-45-40-34-17-14-11-8-3)83-66(71)52-47-42-37-30-19-16-13-10-7-2/h60-63,68H,6-59H2,1-5H3,(H,73,74)(H,75,76)/t61-,62+,63+/m0/s1. The fourth-order valence-electron chi connectivity index (χ4n) is 10.1. The van der Waals surface area contributed by atoms with Crippen LogP contribution in [-0.4, -0.2) is 96.7 Å². The maximum absolute atomic E-state index is 13.0. The van der Waals surface area contributed by atoms with Crippen LogP contribution in [0.15, 0.2) is 0 Å². The molecule has 0 aliphatic heterocycles. The predicted octanol–water partition coefficient (Wildman–Crippen LogP) is 19.0. The van der Waals surface area contributed by atoms with E-state index in [1.165, 1.54) is 154 Å². The Morgan fingerprint density at radius 2 is 0.535 bits per heavy atom. The highest BCUT2D eigenvalue weighted by Crippen LogP contribution is 2.45. The number of hydrogen-bond acceptors (Lipinski definition) is 15. The predicted molar refractivity (Wildman–Crippen MR) is 345 cm³/mol. The molecule has 0 fully saturated rings. The molecule has 0 aromatic heterocycles. The van der Waals surface area contributed by atoms with Gasteiger partial charge in [0.05, 0.1) is 26.4 Å². The third kappa shape index (κ3) is 60.9. The molecule has 0 aliphatic rings. The molecule has 19 heteroatoms. The molecule has 0 radical (unpaired) electrons. The SMILES string of the molecule is CCCCCCCCCCCCCCCCCCCCC(=O)O[C@H](COC(=O)CCCCCCCCCCCC(C)C)COP(=O)(O)OC[C@@H](O)COP(=O)(O)OC[C@@H](COC(=O)CCCCCCCCC)OC(=O)CCCCCCCCCCC. The Hall–Kier alpha value is -1.94. The van der Waals surface area contributed by atoms with E-state index in [4.69, 9.17) is 37.0 Å². The van der Waals surface area contributed by atoms with E-state index in [1.54, 1.807) is 0 Å². The van der Waals surface area contributed by atoms with E-state index in [0.29, 0.717) is 25.7 Å². The third-order valence-electron chi connectivity index (χ3n) is 15.5. The van der Waals surface area contributed by atoms with Gasteiger partial charge in [-0.3, -0.25) is 37.3 Å². The van der Waals surface area contributed by atoms with Gasteiger partial charge in [0, 0.05) is 25.7 Å². The molecule has 0 heterocycles. The van der Waals surface area contributed by atoms with Crippen LogP contribution in [0, 0.1) is 5.92 Å². The van der Waals surface area contributed by atoms with Gasteiger partial charge in [-0.15, -0.1) is 0 Å². The lowest BCUT2D eigenvalue weighted by Gasteiger charge is -2.21. The summed E-state index contributed by atoms with van der Waals surface area (Å²) < 4.78 is 68.0. The monoisotopic (exact) mass is 1270 g/mol. The van der Waals surface area contributed by atoms with Crippen molar-refractivity contribution in [2.24, 2.45) is 5.92 Å². The summed E-state index contributed by atoms with van der Waals surface area (Å²) >= 11 is 0. The van der Waals surface area contributed by atoms with Crippen molar-refractivity contribution < 1.29 is 80.2 Å². The first-order valence-corrected chi connectivity index (χ1v) is 38.1. The van der Waals surface area contributed by atoms with Gasteiger partial charge in [0.2, 0.25) is 0 Å². The van der Waals surface area contributed by atoms with Crippen LogP contribution in [0.3, 0.4) is 0 Å². The highest BCUT2D eigenvalue weighted by atomic mass is 31.2. The molecule has 0 bridgehead atoms. The van der Waals surface area contributed by atoms with Crippen molar-refractivity contribution >= 4 is 39.5 Å². The summed E-state index contributed by atoms with van der Waals surface area (Å²) in [6.07, 6.45) is 46.0. The largest absolute Gasteiger partial charge is 0.472 e. The number of hydrogen-bond donors (Lipinski definition) is 3. The number of aliphatic hydroxyl groups excluding tert-OH is 1. The number of carbonyl (C=O) groups is 4. The van der Waals surface area contributed by atoms with Gasteiger partial charge in [-0.25, -0.2) is 9.13 Å². The molecule has 510 valence electrons. The highest BCUT2D eigenvalue weighted by molar-refractivity contribution is 7.47. The minimum atomic E-state index is -4.95. The van der Waals surface area contributed by atoms with Crippen LogP contribution >= 0.6 is 15.6 Å². The first-order valence-electron chi connectivity index (χ1n) is 35.1. The second kappa shape index (κ2) is 60.6. The second-order valence-electron chi connectivity index (χ2n) is 24.7. The number of phosphoric ester groups is 2. The summed E-state index contributed by atoms with van der Waals surface area (Å²) in [6, 6.07) is 0. The number of rotatable bonds is 67. The normalized spacial score (nSPS) is 14.2. The summed E-state index contributed by atoms with van der Waals surface area (Å²) in [7, 11) is -9.88. The van der Waals surface area contributed by atoms with Crippen molar-refractivity contribution in [3.63, 3.8) is 0 Å². The fraction of sp³-hybridized carbons (Fsp3) is 0.940. The van der Waals surface area contributed by atoms with Gasteiger partial charge in [0.15, 0.2) is 12.2 Å². The maximum Gasteiger partial charge on any atom is 0.472 e. The van der Waals surface area contributed by atoms with Crippen LogP contribution in [0.4, 0.5) is 0 Å². The zero-order valence-electron chi connectivity index (χ0n) is 55.4. The van der Waals surface area contributed by atoms with Crippen molar-refractivity contribution in [2.45, 2.75) is 361 Å². The quantitative estimate of drug-likeness (QED) is 0.0222. The van der Waals surface area contributed by atoms with Crippen molar-refractivity contribution in [3.8, 4) is 0 Å². The minimum Gasteiger partial charge on any atom is -0.462 e. The molecule has 2 unspecified atom stereocenters. The van der Waals surface area contributed by atoms with Crippen LogP contribution in [-0.2, 0) is 65.4 Å². The first kappa shape index (κ1) is 84.1. The highest BCUT2D eigenvalue weighted by Gasteiger charge is 2.30. The molecule has 0 aromatic rings. The van der Waals surface area contributed by atoms with Crippen molar-refractivity contribution in [1.29, 1.82) is 0 Å². The zero-order chi connectivity index (χ0) is 63.5. The smallest absolute Gasteiger partial charge is 0.462 e. The molecular weight excluding hydrogens is 1140 g/mol. The Labute approximate surface area is 524 Å². The molecule has 86 heavy (non-hydrogen) atoms. The summed E-state index contributed by atoms with van der Waals surface area (Å²) in [6.45, 7) is 7.15. The molecule has 3 N–H and O–H groups in total. The Morgan fingerprint density at radius 3 is 0.791 bits per heavy atom. The van der Waals surface area contributed by atoms with Gasteiger partial charge < -0.3 is 33.8 Å². The van der Waals surface area contributed by atoms with Crippen molar-refractivity contribution in [1.82, 2.24) is 0 Å². The number of aliphatic hydroxyl groups is 1. The number of phosphoric acid groups is 2. The van der Waals surface area contributed by atoms with Gasteiger partial charge in [-0.1, -0.05) is 291 Å². The lowest BCUT2D eigenvalue weighted by Crippen LogP contribution is -2.30. The fourth-order valence-corrected chi connectivity index (χ4v) is 11.7. The summed E-state index contributed by atoms with van der Waals surface area (Å²) in [5, 5.41) is 10.5. The number of unbranched alkanes of at least 4 members (excludes halogenated alkanes) is 39. The van der Waals surface area contributed by atoms with Crippen LogP contribution in [0.25, 0.3) is 0 Å². The van der Waals surface area contributed by atoms with E-state index in [9.17, 15) is 43.2 Å². The van der Waals surface area contributed by atoms with E-state index in [1.807, 2.05) is 0 Å². The number of carbonyl (C=O) groups excluding carboxylic acids is 4. The van der Waals surface area contributed by atoms with Gasteiger partial charge in [-0.05, 0) is 31.6 Å². The Bertz CT molecular complexity index is 1670. The Balaban J connectivity index is 5.17. The topological polar surface area (TPSA) is 237 Å². The van der Waals surface area contributed by atoms with Crippen LogP contribution in [0.2, 0.25) is 0 Å². The van der Waals surface area contributed by atoms with Crippen LogP contribution in [0.1, 0.15) is 343 Å². The molecule has 0 spiro atoms. The maximum atomic E-state index is 13.0.